The first kappa shape index (κ1) is 24.8. The van der Waals surface area contributed by atoms with Crippen molar-refractivity contribution in [1.82, 2.24) is 13.8 Å². The van der Waals surface area contributed by atoms with Gasteiger partial charge in [0.25, 0.3) is 0 Å². The lowest BCUT2D eigenvalue weighted by Crippen LogP contribution is -2.58. The van der Waals surface area contributed by atoms with Crippen molar-refractivity contribution in [2.45, 2.75) is 26.9 Å². The molecule has 0 saturated heterocycles. The highest BCUT2D eigenvalue weighted by molar-refractivity contribution is 14.1. The molecule has 0 spiro atoms. The summed E-state index contributed by atoms with van der Waals surface area (Å²) in [4.78, 5) is 42.8. The lowest BCUT2D eigenvalue weighted by atomic mass is 10.2. The quantitative estimate of drug-likeness (QED) is 0.272. The lowest BCUT2D eigenvalue weighted by Gasteiger charge is -2.16. The molecule has 1 heterocycles. The van der Waals surface area contributed by atoms with Crippen LogP contribution < -0.4 is 22.8 Å². The third-order valence-electron chi connectivity index (χ3n) is 5.04. The first-order valence-electron chi connectivity index (χ1n) is 9.97. The molecule has 3 rings (SSSR count). The Bertz CT molecular complexity index is 1380. The number of aromatic nitrogens is 3. The summed E-state index contributed by atoms with van der Waals surface area (Å²) in [5.41, 5.74) is 0.826. The molecule has 0 unspecified atom stereocenters. The van der Waals surface area contributed by atoms with Crippen molar-refractivity contribution in [3.8, 4) is 0 Å². The van der Waals surface area contributed by atoms with Gasteiger partial charge in [-0.15, -0.1) is 0 Å². The van der Waals surface area contributed by atoms with E-state index >= 15 is 0 Å². The van der Waals surface area contributed by atoms with Crippen LogP contribution in [0.4, 0.5) is 5.69 Å². The van der Waals surface area contributed by atoms with Gasteiger partial charge in [0, 0.05) is 15.1 Å². The van der Waals surface area contributed by atoms with Crippen molar-refractivity contribution in [1.29, 1.82) is 0 Å². The molecule has 0 radical (unpaired) electrons. The number of carbonyl (C=O) groups is 1. The second-order valence-electron chi connectivity index (χ2n) is 7.53. The third-order valence-corrected chi connectivity index (χ3v) is 6.50. The molecule has 0 aliphatic rings. The Hall–Kier alpha value is -2.86. The smallest absolute Gasteiger partial charge is 0.353 e. The van der Waals surface area contributed by atoms with Gasteiger partial charge in [0.05, 0.1) is 25.3 Å². The fraction of sp³-hybridized carbons (Fsp3) is 0.273. The van der Waals surface area contributed by atoms with E-state index in [4.69, 9.17) is 22.2 Å². The molecular weight excluding hydrogens is 561 g/mol. The fourth-order valence-electron chi connectivity index (χ4n) is 3.20. The number of rotatable bonds is 6. The highest BCUT2D eigenvalue weighted by Crippen LogP contribution is 2.18. The standard InChI is InChI=1S/C22H23ClIN5O4/c1-13-10-17(8-9-18(13)24)26-20-27(12-15-4-6-16(23)7-5-15)21(31)28(22(32)29(20)25)11-14(2)19(30)33-3/h4-10,14H,11-12,25H2,1-3H3/b26-20-/t14-/m0/s1. The predicted molar refractivity (Wildman–Crippen MR) is 134 cm³/mol. The Balaban J connectivity index is 2.26. The predicted octanol–water partition coefficient (Wildman–Crippen LogP) is 2.18. The summed E-state index contributed by atoms with van der Waals surface area (Å²) in [6, 6.07) is 12.4. The van der Waals surface area contributed by atoms with E-state index < -0.39 is 23.3 Å². The summed E-state index contributed by atoms with van der Waals surface area (Å²) < 4.78 is 8.80. The maximum Gasteiger partial charge on any atom is 0.353 e. The van der Waals surface area contributed by atoms with Crippen LogP contribution in [-0.4, -0.2) is 26.9 Å². The summed E-state index contributed by atoms with van der Waals surface area (Å²) in [6.45, 7) is 3.40. The van der Waals surface area contributed by atoms with Gasteiger partial charge in [-0.25, -0.2) is 19.1 Å². The number of carbonyl (C=O) groups excluding carboxylic acids is 1. The molecule has 0 fully saturated rings. The summed E-state index contributed by atoms with van der Waals surface area (Å²) >= 11 is 8.19. The Labute approximate surface area is 208 Å². The SMILES string of the molecule is COC(=O)[C@@H](C)Cn1c(=O)n(N)/c(=N\c2ccc(I)c(C)c2)n(Cc2ccc(Cl)cc2)c1=O. The number of nitrogen functional groups attached to an aromatic ring is 1. The summed E-state index contributed by atoms with van der Waals surface area (Å²) in [5.74, 6) is 4.85. The van der Waals surface area contributed by atoms with Gasteiger partial charge >= 0.3 is 17.3 Å². The maximum absolute atomic E-state index is 13.4. The number of hydrogen-bond acceptors (Lipinski definition) is 6. The van der Waals surface area contributed by atoms with Gasteiger partial charge < -0.3 is 10.6 Å². The second kappa shape index (κ2) is 10.4. The molecule has 2 aromatic carbocycles. The minimum atomic E-state index is -0.788. The van der Waals surface area contributed by atoms with Gasteiger partial charge in [-0.2, -0.15) is 4.68 Å². The molecule has 0 bridgehead atoms. The number of hydrogen-bond donors (Lipinski definition) is 1. The van der Waals surface area contributed by atoms with Crippen LogP contribution in [0.5, 0.6) is 0 Å². The Morgan fingerprint density at radius 2 is 1.82 bits per heavy atom. The van der Waals surface area contributed by atoms with E-state index in [1.165, 1.54) is 11.7 Å². The molecule has 0 amide bonds. The van der Waals surface area contributed by atoms with E-state index in [9.17, 15) is 14.4 Å². The Kier molecular flexibility index (Phi) is 7.80. The van der Waals surface area contributed by atoms with Gasteiger partial charge in [0.15, 0.2) is 0 Å². The number of benzene rings is 2. The van der Waals surface area contributed by atoms with Crippen LogP contribution in [0.2, 0.25) is 5.02 Å². The molecule has 1 atom stereocenters. The number of nitrogens with two attached hydrogens (primary N) is 1. The molecule has 33 heavy (non-hydrogen) atoms. The summed E-state index contributed by atoms with van der Waals surface area (Å²) in [7, 11) is 1.24. The number of halogens is 2. The number of aryl methyl sites for hydroxylation is 1. The molecule has 0 saturated carbocycles. The van der Waals surface area contributed by atoms with Crippen LogP contribution in [0.25, 0.3) is 0 Å². The molecule has 3 aromatic rings. The molecule has 0 aliphatic heterocycles. The number of nitrogens with zero attached hydrogens (tertiary/aromatic N) is 4. The van der Waals surface area contributed by atoms with E-state index in [2.05, 4.69) is 27.6 Å². The van der Waals surface area contributed by atoms with Gasteiger partial charge in [-0.1, -0.05) is 30.7 Å². The first-order valence-corrected chi connectivity index (χ1v) is 11.4. The molecule has 9 nitrogen and oxygen atoms in total. The molecule has 2 N–H and O–H groups in total. The highest BCUT2D eigenvalue weighted by atomic mass is 127. The van der Waals surface area contributed by atoms with Gasteiger partial charge in [0.1, 0.15) is 0 Å². The van der Waals surface area contributed by atoms with Crippen molar-refractivity contribution < 1.29 is 9.53 Å². The zero-order valence-corrected chi connectivity index (χ0v) is 21.2. The largest absolute Gasteiger partial charge is 0.469 e. The van der Waals surface area contributed by atoms with Crippen LogP contribution >= 0.6 is 34.2 Å². The van der Waals surface area contributed by atoms with E-state index in [0.29, 0.717) is 10.7 Å². The van der Waals surface area contributed by atoms with Crippen molar-refractivity contribution in [2.75, 3.05) is 13.0 Å². The average Bonchev–Trinajstić information content (AvgIpc) is 2.80. The van der Waals surface area contributed by atoms with E-state index in [0.717, 1.165) is 23.9 Å². The summed E-state index contributed by atoms with van der Waals surface area (Å²) in [6.07, 6.45) is 0. The van der Waals surface area contributed by atoms with E-state index in [-0.39, 0.29) is 18.7 Å². The summed E-state index contributed by atoms with van der Waals surface area (Å²) in [5, 5.41) is 0.552. The fourth-order valence-corrected chi connectivity index (χ4v) is 3.66. The highest BCUT2D eigenvalue weighted by Gasteiger charge is 2.20. The van der Waals surface area contributed by atoms with Crippen molar-refractivity contribution in [3.63, 3.8) is 0 Å². The van der Waals surface area contributed by atoms with Gasteiger partial charge in [-0.3, -0.25) is 9.36 Å². The Morgan fingerprint density at radius 1 is 1.15 bits per heavy atom. The van der Waals surface area contributed by atoms with E-state index in [1.54, 1.807) is 37.3 Å². The Morgan fingerprint density at radius 3 is 2.42 bits per heavy atom. The van der Waals surface area contributed by atoms with Crippen LogP contribution in [0, 0.1) is 16.4 Å². The molecule has 0 aliphatic carbocycles. The number of esters is 1. The van der Waals surface area contributed by atoms with Crippen LogP contribution in [0.15, 0.2) is 57.0 Å². The molecule has 1 aromatic heterocycles. The average molecular weight is 584 g/mol. The first-order chi connectivity index (χ1) is 15.6. The van der Waals surface area contributed by atoms with E-state index in [1.807, 2.05) is 19.1 Å². The van der Waals surface area contributed by atoms with Crippen molar-refractivity contribution in [3.05, 3.63) is 88.8 Å². The minimum Gasteiger partial charge on any atom is -0.469 e. The zero-order chi connectivity index (χ0) is 24.3. The third kappa shape index (κ3) is 5.56. The maximum atomic E-state index is 13.4. The second-order valence-corrected chi connectivity index (χ2v) is 9.13. The van der Waals surface area contributed by atoms with Gasteiger partial charge in [-0.05, 0) is 71.0 Å². The molecule has 11 heteroatoms. The van der Waals surface area contributed by atoms with Crippen molar-refractivity contribution in [2.24, 2.45) is 10.9 Å². The topological polar surface area (TPSA) is 114 Å². The van der Waals surface area contributed by atoms with Crippen molar-refractivity contribution >= 4 is 45.8 Å². The normalized spacial score (nSPS) is 12.6. The number of ether oxygens (including phenoxy) is 1. The molecule has 174 valence electrons. The van der Waals surface area contributed by atoms with Crippen LogP contribution in [-0.2, 0) is 22.6 Å². The van der Waals surface area contributed by atoms with Crippen LogP contribution in [0.3, 0.4) is 0 Å². The number of methoxy groups -OCH3 is 1. The van der Waals surface area contributed by atoms with Crippen LogP contribution in [0.1, 0.15) is 18.1 Å². The monoisotopic (exact) mass is 583 g/mol. The minimum absolute atomic E-state index is 0.0254. The molecular formula is C22H23ClIN5O4. The van der Waals surface area contributed by atoms with Gasteiger partial charge in [0.2, 0.25) is 5.62 Å². The zero-order valence-electron chi connectivity index (χ0n) is 18.3. The lowest BCUT2D eigenvalue weighted by molar-refractivity contribution is -0.145.